The van der Waals surface area contributed by atoms with Crippen LogP contribution in [-0.2, 0) is 6.54 Å². The Morgan fingerprint density at radius 2 is 2.26 bits per heavy atom. The fourth-order valence-electron chi connectivity index (χ4n) is 1.52. The van der Waals surface area contributed by atoms with Crippen molar-refractivity contribution >= 4 is 11.4 Å². The van der Waals surface area contributed by atoms with Crippen LogP contribution in [0.2, 0.25) is 0 Å². The Kier molecular flexibility index (Phi) is 3.64. The van der Waals surface area contributed by atoms with E-state index in [1.165, 1.54) is 18.2 Å². The predicted octanol–water partition coefficient (Wildman–Crippen LogP) is 1.87. The molecule has 0 aliphatic rings. The van der Waals surface area contributed by atoms with Gasteiger partial charge < -0.3 is 5.32 Å². The van der Waals surface area contributed by atoms with Gasteiger partial charge >= 0.3 is 0 Å². The number of nitrogens with zero attached hydrogens (tertiary/aromatic N) is 4. The number of aromatic nitrogens is 2. The Hall–Kier alpha value is -3.01. The molecule has 1 aromatic heterocycles. The summed E-state index contributed by atoms with van der Waals surface area (Å²) in [6.07, 6.45) is 1.54. The third-order valence-corrected chi connectivity index (χ3v) is 2.41. The van der Waals surface area contributed by atoms with E-state index in [2.05, 4.69) is 15.5 Å². The Balaban J connectivity index is 2.23. The molecule has 1 N–H and O–H groups in total. The van der Waals surface area contributed by atoms with Gasteiger partial charge in [-0.05, 0) is 24.3 Å². The summed E-state index contributed by atoms with van der Waals surface area (Å²) in [6.45, 7) is 0.295. The molecule has 7 heteroatoms. The Morgan fingerprint density at radius 1 is 1.42 bits per heavy atom. The third kappa shape index (κ3) is 3.01. The number of hydrogen-bond acceptors (Lipinski definition) is 6. The summed E-state index contributed by atoms with van der Waals surface area (Å²) in [4.78, 5) is 10.4. The monoisotopic (exact) mass is 255 g/mol. The highest BCUT2D eigenvalue weighted by molar-refractivity contribution is 5.64. The van der Waals surface area contributed by atoms with Crippen LogP contribution in [0.4, 0.5) is 11.4 Å². The van der Waals surface area contributed by atoms with Crippen LogP contribution in [0.5, 0.6) is 0 Å². The minimum Gasteiger partial charge on any atom is -0.374 e. The molecule has 0 aliphatic carbocycles. The standard InChI is InChI=1S/C12H9N5O2/c13-7-9-3-4-12(17(18)19)11(6-9)14-8-10-2-1-5-15-16-10/h1-6,14H,8H2. The second-order valence-electron chi connectivity index (χ2n) is 3.67. The minimum absolute atomic E-state index is 0.0807. The van der Waals surface area contributed by atoms with Gasteiger partial charge in [-0.15, -0.1) is 0 Å². The van der Waals surface area contributed by atoms with Crippen LogP contribution in [-0.4, -0.2) is 15.1 Å². The average molecular weight is 255 g/mol. The highest BCUT2D eigenvalue weighted by Crippen LogP contribution is 2.25. The van der Waals surface area contributed by atoms with Crippen molar-refractivity contribution in [2.75, 3.05) is 5.32 Å². The van der Waals surface area contributed by atoms with Crippen molar-refractivity contribution in [3.8, 4) is 6.07 Å². The van der Waals surface area contributed by atoms with E-state index in [4.69, 9.17) is 5.26 Å². The normalized spacial score (nSPS) is 9.63. The second-order valence-corrected chi connectivity index (χ2v) is 3.67. The lowest BCUT2D eigenvalue weighted by Gasteiger charge is -2.06. The lowest BCUT2D eigenvalue weighted by molar-refractivity contribution is -0.384. The zero-order valence-electron chi connectivity index (χ0n) is 9.78. The molecule has 2 rings (SSSR count). The van der Waals surface area contributed by atoms with Gasteiger partial charge in [0, 0.05) is 12.3 Å². The zero-order chi connectivity index (χ0) is 13.7. The van der Waals surface area contributed by atoms with E-state index >= 15 is 0 Å². The molecule has 0 atom stereocenters. The van der Waals surface area contributed by atoms with Gasteiger partial charge in [-0.2, -0.15) is 15.5 Å². The molecule has 0 fully saturated rings. The maximum atomic E-state index is 10.9. The molecule has 0 amide bonds. The van der Waals surface area contributed by atoms with Gasteiger partial charge in [-0.3, -0.25) is 10.1 Å². The number of nitrogens with one attached hydrogen (secondary N) is 1. The van der Waals surface area contributed by atoms with Gasteiger partial charge in [0.1, 0.15) is 5.69 Å². The van der Waals surface area contributed by atoms with E-state index in [0.29, 0.717) is 17.8 Å². The van der Waals surface area contributed by atoms with E-state index in [9.17, 15) is 10.1 Å². The van der Waals surface area contributed by atoms with Gasteiger partial charge in [0.05, 0.1) is 28.8 Å². The lowest BCUT2D eigenvalue weighted by Crippen LogP contribution is -2.05. The summed E-state index contributed by atoms with van der Waals surface area (Å²) < 4.78 is 0. The maximum Gasteiger partial charge on any atom is 0.292 e. The molecule has 0 spiro atoms. The van der Waals surface area contributed by atoms with Gasteiger partial charge in [-0.25, -0.2) is 0 Å². The second kappa shape index (κ2) is 5.55. The van der Waals surface area contributed by atoms with Crippen LogP contribution in [0, 0.1) is 21.4 Å². The topological polar surface area (TPSA) is 105 Å². The van der Waals surface area contributed by atoms with Crippen molar-refractivity contribution in [1.29, 1.82) is 5.26 Å². The number of hydrogen-bond donors (Lipinski definition) is 1. The van der Waals surface area contributed by atoms with Crippen molar-refractivity contribution in [3.63, 3.8) is 0 Å². The number of nitro groups is 1. The molecule has 94 valence electrons. The summed E-state index contributed by atoms with van der Waals surface area (Å²) in [7, 11) is 0. The number of nitriles is 1. The van der Waals surface area contributed by atoms with Crippen LogP contribution in [0.3, 0.4) is 0 Å². The third-order valence-electron chi connectivity index (χ3n) is 2.41. The fourth-order valence-corrected chi connectivity index (χ4v) is 1.52. The van der Waals surface area contributed by atoms with Crippen LogP contribution < -0.4 is 5.32 Å². The Bertz CT molecular complexity index is 636. The minimum atomic E-state index is -0.500. The highest BCUT2D eigenvalue weighted by atomic mass is 16.6. The summed E-state index contributed by atoms with van der Waals surface area (Å²) in [5.74, 6) is 0. The van der Waals surface area contributed by atoms with E-state index < -0.39 is 4.92 Å². The zero-order valence-corrected chi connectivity index (χ0v) is 9.78. The van der Waals surface area contributed by atoms with E-state index in [0.717, 1.165) is 0 Å². The summed E-state index contributed by atoms with van der Waals surface area (Å²) in [5, 5.41) is 30.2. The molecule has 1 heterocycles. The molecule has 0 aliphatic heterocycles. The van der Waals surface area contributed by atoms with Crippen molar-refractivity contribution in [3.05, 3.63) is 57.9 Å². The maximum absolute atomic E-state index is 10.9. The summed E-state index contributed by atoms with van der Waals surface area (Å²) in [5.41, 5.74) is 1.21. The first-order valence-electron chi connectivity index (χ1n) is 5.39. The first-order chi connectivity index (χ1) is 9.20. The average Bonchev–Trinajstić information content (AvgIpc) is 2.45. The smallest absolute Gasteiger partial charge is 0.292 e. The first kappa shape index (κ1) is 12.4. The van der Waals surface area contributed by atoms with Gasteiger partial charge in [0.15, 0.2) is 0 Å². The molecule has 7 nitrogen and oxygen atoms in total. The lowest BCUT2D eigenvalue weighted by atomic mass is 10.2. The van der Waals surface area contributed by atoms with Crippen LogP contribution in [0.25, 0.3) is 0 Å². The van der Waals surface area contributed by atoms with E-state index in [-0.39, 0.29) is 11.4 Å². The van der Waals surface area contributed by atoms with Crippen LogP contribution >= 0.6 is 0 Å². The predicted molar refractivity (Wildman–Crippen MR) is 67.2 cm³/mol. The number of rotatable bonds is 4. The van der Waals surface area contributed by atoms with Gasteiger partial charge in [-0.1, -0.05) is 0 Å². The van der Waals surface area contributed by atoms with Crippen molar-refractivity contribution in [2.45, 2.75) is 6.54 Å². The molecule has 0 radical (unpaired) electrons. The van der Waals surface area contributed by atoms with Crippen molar-refractivity contribution < 1.29 is 4.92 Å². The van der Waals surface area contributed by atoms with Gasteiger partial charge in [0.25, 0.3) is 5.69 Å². The Labute approximate surface area is 108 Å². The fraction of sp³-hybridized carbons (Fsp3) is 0.0833. The summed E-state index contributed by atoms with van der Waals surface area (Å²) in [6, 6.07) is 9.57. The molecular formula is C12H9N5O2. The molecule has 0 saturated heterocycles. The molecule has 0 saturated carbocycles. The molecule has 1 aromatic carbocycles. The number of anilines is 1. The van der Waals surface area contributed by atoms with E-state index in [1.54, 1.807) is 18.3 Å². The molecule has 0 bridgehead atoms. The molecule has 0 unspecified atom stereocenters. The first-order valence-corrected chi connectivity index (χ1v) is 5.39. The largest absolute Gasteiger partial charge is 0.374 e. The SMILES string of the molecule is N#Cc1ccc([N+](=O)[O-])c(NCc2cccnn2)c1. The van der Waals surface area contributed by atoms with Crippen molar-refractivity contribution in [1.82, 2.24) is 10.2 Å². The van der Waals surface area contributed by atoms with Gasteiger partial charge in [0.2, 0.25) is 0 Å². The number of benzene rings is 1. The molecule has 2 aromatic rings. The molecular weight excluding hydrogens is 246 g/mol. The van der Waals surface area contributed by atoms with Crippen molar-refractivity contribution in [2.24, 2.45) is 0 Å². The number of nitro benzene ring substituents is 1. The molecule has 19 heavy (non-hydrogen) atoms. The van der Waals surface area contributed by atoms with Crippen LogP contribution in [0.15, 0.2) is 36.5 Å². The highest BCUT2D eigenvalue weighted by Gasteiger charge is 2.14. The quantitative estimate of drug-likeness (QED) is 0.660. The summed E-state index contributed by atoms with van der Waals surface area (Å²) >= 11 is 0. The Morgan fingerprint density at radius 3 is 2.89 bits per heavy atom. The van der Waals surface area contributed by atoms with Crippen LogP contribution in [0.1, 0.15) is 11.3 Å². The van der Waals surface area contributed by atoms with E-state index in [1.807, 2.05) is 6.07 Å².